The first-order valence-electron chi connectivity index (χ1n) is 7.10. The van der Waals surface area contributed by atoms with Crippen LogP contribution in [0.25, 0.3) is 0 Å². The van der Waals surface area contributed by atoms with E-state index in [-0.39, 0.29) is 11.3 Å². The Balaban J connectivity index is 3.07. The minimum absolute atomic E-state index is 0.0286. The summed E-state index contributed by atoms with van der Waals surface area (Å²) in [4.78, 5) is 28.0. The summed E-state index contributed by atoms with van der Waals surface area (Å²) in [5.74, 6) is 0.942. The molecule has 0 amide bonds. The van der Waals surface area contributed by atoms with Gasteiger partial charge in [-0.25, -0.2) is 0 Å². The Kier molecular flexibility index (Phi) is 12.1. The van der Waals surface area contributed by atoms with Gasteiger partial charge in [0.05, 0.1) is 0 Å². The van der Waals surface area contributed by atoms with Gasteiger partial charge in [-0.2, -0.15) is 0 Å². The van der Waals surface area contributed by atoms with Crippen LogP contribution in [0.1, 0.15) is 64.7 Å². The van der Waals surface area contributed by atoms with Crippen molar-refractivity contribution in [2.45, 2.75) is 64.7 Å². The van der Waals surface area contributed by atoms with Gasteiger partial charge in [-0.15, -0.1) is 0 Å². The highest BCUT2D eigenvalue weighted by Crippen LogP contribution is 2.35. The molecule has 114 valence electrons. The lowest BCUT2D eigenvalue weighted by Crippen LogP contribution is -1.89. The predicted molar refractivity (Wildman–Crippen MR) is 81.6 cm³/mol. The molecule has 0 saturated heterocycles. The van der Waals surface area contributed by atoms with Gasteiger partial charge in [0.15, 0.2) is 5.12 Å². The molecule has 0 aliphatic carbocycles. The van der Waals surface area contributed by atoms with Crippen molar-refractivity contribution in [3.63, 3.8) is 0 Å². The highest BCUT2D eigenvalue weighted by atomic mass is 32.2. The van der Waals surface area contributed by atoms with Crippen LogP contribution < -0.4 is 0 Å². The molecular weight excluding hydrogens is 283 g/mol. The maximum Gasteiger partial charge on any atom is 0.325 e. The van der Waals surface area contributed by atoms with Gasteiger partial charge in [-0.05, 0) is 12.8 Å². The zero-order valence-electron chi connectivity index (χ0n) is 11.8. The van der Waals surface area contributed by atoms with Crippen LogP contribution in [0.15, 0.2) is 0 Å². The van der Waals surface area contributed by atoms with Gasteiger partial charge >= 0.3 is 7.60 Å². The number of thioether (sulfide) groups is 1. The first-order valence-corrected chi connectivity index (χ1v) is 9.88. The fourth-order valence-electron chi connectivity index (χ4n) is 1.87. The van der Waals surface area contributed by atoms with Crippen LogP contribution in [0.2, 0.25) is 0 Å². The van der Waals surface area contributed by atoms with Crippen LogP contribution in [0.5, 0.6) is 0 Å². The molecule has 0 bridgehead atoms. The maximum absolute atomic E-state index is 10.7. The van der Waals surface area contributed by atoms with Crippen molar-refractivity contribution >= 4 is 24.5 Å². The van der Waals surface area contributed by atoms with Gasteiger partial charge in [-0.1, -0.05) is 56.7 Å². The molecule has 0 aliphatic heterocycles. The largest absolute Gasteiger partial charge is 0.325 e. The first kappa shape index (κ1) is 19.2. The average molecular weight is 310 g/mol. The Morgan fingerprint density at radius 3 is 1.74 bits per heavy atom. The normalized spacial score (nSPS) is 11.7. The molecule has 4 nitrogen and oxygen atoms in total. The van der Waals surface area contributed by atoms with E-state index in [1.54, 1.807) is 6.92 Å². The van der Waals surface area contributed by atoms with Crippen LogP contribution in [-0.2, 0) is 9.36 Å². The zero-order valence-corrected chi connectivity index (χ0v) is 13.6. The lowest BCUT2D eigenvalue weighted by atomic mass is 10.1. The zero-order chi connectivity index (χ0) is 14.6. The summed E-state index contributed by atoms with van der Waals surface area (Å²) in [6.07, 6.45) is 9.77. The molecule has 0 aliphatic rings. The molecule has 2 N–H and O–H groups in total. The summed E-state index contributed by atoms with van der Waals surface area (Å²) in [7, 11) is -3.78. The minimum Gasteiger partial charge on any atom is -0.324 e. The smallest absolute Gasteiger partial charge is 0.324 e. The first-order chi connectivity index (χ1) is 8.92. The second kappa shape index (κ2) is 12.0. The molecule has 0 aromatic carbocycles. The van der Waals surface area contributed by atoms with Crippen molar-refractivity contribution in [1.29, 1.82) is 0 Å². The van der Waals surface area contributed by atoms with E-state index in [1.807, 2.05) is 0 Å². The van der Waals surface area contributed by atoms with Crippen molar-refractivity contribution in [2.24, 2.45) is 0 Å². The van der Waals surface area contributed by atoms with Crippen molar-refractivity contribution in [3.05, 3.63) is 0 Å². The van der Waals surface area contributed by atoms with Crippen molar-refractivity contribution < 1.29 is 19.1 Å². The van der Waals surface area contributed by atoms with Gasteiger partial charge in [0.1, 0.15) is 0 Å². The number of carbonyl (C=O) groups is 1. The quantitative estimate of drug-likeness (QED) is 0.421. The van der Waals surface area contributed by atoms with E-state index < -0.39 is 7.60 Å². The van der Waals surface area contributed by atoms with Crippen molar-refractivity contribution in [3.8, 4) is 0 Å². The Bertz CT molecular complexity index is 278. The van der Waals surface area contributed by atoms with Crippen LogP contribution >= 0.6 is 19.4 Å². The fraction of sp³-hybridized carbons (Fsp3) is 0.923. The van der Waals surface area contributed by atoms with E-state index in [9.17, 15) is 9.36 Å². The molecule has 0 spiro atoms. The van der Waals surface area contributed by atoms with E-state index in [0.717, 1.165) is 31.4 Å². The highest BCUT2D eigenvalue weighted by Gasteiger charge is 2.10. The van der Waals surface area contributed by atoms with Crippen LogP contribution in [-0.4, -0.2) is 26.8 Å². The van der Waals surface area contributed by atoms with Gasteiger partial charge in [0.2, 0.25) is 0 Å². The van der Waals surface area contributed by atoms with Crippen LogP contribution in [0.4, 0.5) is 0 Å². The number of rotatable bonds is 12. The monoisotopic (exact) mass is 310 g/mol. The van der Waals surface area contributed by atoms with Gasteiger partial charge in [0, 0.05) is 18.8 Å². The molecular formula is C13H27O4PS. The summed E-state index contributed by atoms with van der Waals surface area (Å²) in [5.41, 5.74) is 0. The van der Waals surface area contributed by atoms with E-state index in [1.165, 1.54) is 37.4 Å². The third kappa shape index (κ3) is 18.2. The summed E-state index contributed by atoms with van der Waals surface area (Å²) in [6.45, 7) is 1.61. The maximum atomic E-state index is 10.7. The number of hydrogen-bond acceptors (Lipinski definition) is 3. The van der Waals surface area contributed by atoms with Crippen LogP contribution in [0, 0.1) is 0 Å². The molecule has 0 atom stereocenters. The molecule has 0 unspecified atom stereocenters. The fourth-order valence-corrected chi connectivity index (χ4v) is 3.14. The average Bonchev–Trinajstić information content (AvgIpc) is 2.28. The topological polar surface area (TPSA) is 74.6 Å². The molecule has 0 radical (unpaired) electrons. The molecule has 0 aromatic heterocycles. The van der Waals surface area contributed by atoms with E-state index in [4.69, 9.17) is 9.79 Å². The Morgan fingerprint density at radius 1 is 0.895 bits per heavy atom. The number of unbranched alkanes of at least 4 members (excludes halogenated alkanes) is 8. The van der Waals surface area contributed by atoms with Gasteiger partial charge in [0.25, 0.3) is 0 Å². The third-order valence-electron chi connectivity index (χ3n) is 2.90. The Labute approximate surface area is 120 Å². The number of hydrogen-bond donors (Lipinski definition) is 2. The lowest BCUT2D eigenvalue weighted by Gasteiger charge is -2.04. The highest BCUT2D eigenvalue weighted by molar-refractivity contribution is 8.13. The second-order valence-electron chi connectivity index (χ2n) is 4.91. The molecule has 0 heterocycles. The summed E-state index contributed by atoms with van der Waals surface area (Å²) in [6, 6.07) is 0. The predicted octanol–water partition coefficient (Wildman–Crippen LogP) is 3.95. The van der Waals surface area contributed by atoms with Gasteiger partial charge < -0.3 is 9.79 Å². The lowest BCUT2D eigenvalue weighted by molar-refractivity contribution is -0.109. The summed E-state index contributed by atoms with van der Waals surface area (Å²) < 4.78 is 10.6. The second-order valence-corrected chi connectivity index (χ2v) is 7.96. The van der Waals surface area contributed by atoms with E-state index in [0.29, 0.717) is 6.42 Å². The molecule has 0 fully saturated rings. The molecule has 6 heteroatoms. The van der Waals surface area contributed by atoms with Crippen molar-refractivity contribution in [2.75, 3.05) is 11.9 Å². The standard InChI is InChI=1S/C13H27O4PS/c1-13(14)19-12-10-8-6-4-2-3-5-7-9-11-18(15,16)17/h2-12H2,1H3,(H2,15,16,17). The summed E-state index contributed by atoms with van der Waals surface area (Å²) in [5, 5.41) is 0.204. The molecule has 0 rings (SSSR count). The van der Waals surface area contributed by atoms with E-state index >= 15 is 0 Å². The third-order valence-corrected chi connectivity index (χ3v) is 4.70. The number of carbonyl (C=O) groups excluding carboxylic acids is 1. The Morgan fingerprint density at radius 2 is 1.32 bits per heavy atom. The van der Waals surface area contributed by atoms with Crippen LogP contribution in [0.3, 0.4) is 0 Å². The van der Waals surface area contributed by atoms with Crippen molar-refractivity contribution in [1.82, 2.24) is 0 Å². The minimum atomic E-state index is -3.78. The molecule has 19 heavy (non-hydrogen) atoms. The van der Waals surface area contributed by atoms with E-state index in [2.05, 4.69) is 0 Å². The summed E-state index contributed by atoms with van der Waals surface area (Å²) >= 11 is 1.41. The molecule has 0 saturated carbocycles. The van der Waals surface area contributed by atoms with Gasteiger partial charge in [-0.3, -0.25) is 9.36 Å². The Hall–Kier alpha value is 0.170. The molecule has 0 aromatic rings. The SMILES string of the molecule is CC(=O)SCCCCCCCCCCCP(=O)(O)O.